The highest BCUT2D eigenvalue weighted by molar-refractivity contribution is 5.94. The number of aromatic nitrogens is 4. The SMILES string of the molecule is Cc1nc2ncccn2c1C(=O)NC(c1ccccn1)C1CC(O)C1. The number of nitrogens with zero attached hydrogens (tertiary/aromatic N) is 4. The van der Waals surface area contributed by atoms with Gasteiger partial charge in [-0.3, -0.25) is 14.2 Å². The molecule has 1 aliphatic rings. The van der Waals surface area contributed by atoms with Crippen molar-refractivity contribution in [2.75, 3.05) is 0 Å². The Morgan fingerprint density at radius 2 is 2.08 bits per heavy atom. The Morgan fingerprint density at radius 1 is 1.28 bits per heavy atom. The van der Waals surface area contributed by atoms with E-state index in [2.05, 4.69) is 20.3 Å². The van der Waals surface area contributed by atoms with Gasteiger partial charge in [-0.15, -0.1) is 0 Å². The first kappa shape index (κ1) is 15.7. The van der Waals surface area contributed by atoms with Gasteiger partial charge in [0.2, 0.25) is 5.78 Å². The first-order valence-electron chi connectivity index (χ1n) is 8.33. The summed E-state index contributed by atoms with van der Waals surface area (Å²) in [6.07, 6.45) is 6.17. The molecule has 0 bridgehead atoms. The molecule has 0 radical (unpaired) electrons. The molecule has 3 heterocycles. The third-order valence-corrected chi connectivity index (χ3v) is 4.71. The molecule has 0 aromatic carbocycles. The highest BCUT2D eigenvalue weighted by Crippen LogP contribution is 2.37. The van der Waals surface area contributed by atoms with E-state index in [1.165, 1.54) is 0 Å². The number of aliphatic hydroxyl groups is 1. The summed E-state index contributed by atoms with van der Waals surface area (Å²) in [6, 6.07) is 7.18. The quantitative estimate of drug-likeness (QED) is 0.755. The van der Waals surface area contributed by atoms with E-state index < -0.39 is 0 Å². The summed E-state index contributed by atoms with van der Waals surface area (Å²) in [7, 11) is 0. The first-order chi connectivity index (χ1) is 12.1. The van der Waals surface area contributed by atoms with Crippen molar-refractivity contribution in [3.8, 4) is 0 Å². The van der Waals surface area contributed by atoms with Gasteiger partial charge in [0.25, 0.3) is 5.91 Å². The van der Waals surface area contributed by atoms with Crippen molar-refractivity contribution in [2.45, 2.75) is 31.9 Å². The predicted molar refractivity (Wildman–Crippen MR) is 90.9 cm³/mol. The minimum atomic E-state index is -0.296. The second-order valence-corrected chi connectivity index (χ2v) is 6.43. The Hall–Kier alpha value is -2.80. The normalized spacial score (nSPS) is 20.9. The van der Waals surface area contributed by atoms with Crippen molar-refractivity contribution < 1.29 is 9.90 Å². The van der Waals surface area contributed by atoms with Gasteiger partial charge in [0, 0.05) is 18.6 Å². The molecule has 128 valence electrons. The zero-order chi connectivity index (χ0) is 17.4. The lowest BCUT2D eigenvalue weighted by molar-refractivity contribution is 0.0227. The summed E-state index contributed by atoms with van der Waals surface area (Å²) in [5.74, 6) is 0.458. The number of carbonyl (C=O) groups is 1. The molecule has 0 spiro atoms. The van der Waals surface area contributed by atoms with Crippen LogP contribution < -0.4 is 5.32 Å². The molecular formula is C18H19N5O2. The van der Waals surface area contributed by atoms with Crippen LogP contribution in [0.4, 0.5) is 0 Å². The summed E-state index contributed by atoms with van der Waals surface area (Å²) in [5.41, 5.74) is 1.91. The number of pyridine rings is 1. The van der Waals surface area contributed by atoms with E-state index in [-0.39, 0.29) is 24.0 Å². The molecule has 1 fully saturated rings. The average molecular weight is 337 g/mol. The molecule has 1 saturated carbocycles. The summed E-state index contributed by atoms with van der Waals surface area (Å²) in [6.45, 7) is 1.80. The van der Waals surface area contributed by atoms with Gasteiger partial charge in [0.15, 0.2) is 0 Å². The fourth-order valence-corrected chi connectivity index (χ4v) is 3.38. The second kappa shape index (κ2) is 6.25. The molecule has 1 amide bonds. The van der Waals surface area contributed by atoms with Gasteiger partial charge >= 0.3 is 0 Å². The molecule has 0 aliphatic heterocycles. The van der Waals surface area contributed by atoms with Crippen molar-refractivity contribution in [2.24, 2.45) is 5.92 Å². The van der Waals surface area contributed by atoms with Gasteiger partial charge in [-0.1, -0.05) is 6.07 Å². The summed E-state index contributed by atoms with van der Waals surface area (Å²) in [5, 5.41) is 12.8. The standard InChI is InChI=1S/C18H19N5O2/c1-11-16(23-8-4-7-20-18(23)21-11)17(25)22-15(12-9-13(24)10-12)14-5-2-3-6-19-14/h2-8,12-13,15,24H,9-10H2,1H3,(H,22,25). The van der Waals surface area contributed by atoms with Crippen molar-refractivity contribution in [1.82, 2.24) is 24.7 Å². The van der Waals surface area contributed by atoms with Crippen molar-refractivity contribution in [3.63, 3.8) is 0 Å². The van der Waals surface area contributed by atoms with Crippen LogP contribution in [0.3, 0.4) is 0 Å². The number of amides is 1. The van der Waals surface area contributed by atoms with Crippen LogP contribution >= 0.6 is 0 Å². The molecule has 3 aromatic heterocycles. The van der Waals surface area contributed by atoms with Gasteiger partial charge in [0.05, 0.1) is 23.5 Å². The molecule has 0 saturated heterocycles. The van der Waals surface area contributed by atoms with Gasteiger partial charge < -0.3 is 10.4 Å². The number of aliphatic hydroxyl groups excluding tert-OH is 1. The Bertz CT molecular complexity index is 902. The van der Waals surface area contributed by atoms with Gasteiger partial charge in [-0.05, 0) is 43.9 Å². The molecule has 25 heavy (non-hydrogen) atoms. The second-order valence-electron chi connectivity index (χ2n) is 6.43. The molecule has 1 unspecified atom stereocenters. The molecular weight excluding hydrogens is 318 g/mol. The number of fused-ring (bicyclic) bond motifs is 1. The molecule has 1 atom stereocenters. The Morgan fingerprint density at radius 3 is 2.80 bits per heavy atom. The van der Waals surface area contributed by atoms with Crippen LogP contribution in [0.1, 0.15) is 40.8 Å². The van der Waals surface area contributed by atoms with Crippen molar-refractivity contribution in [1.29, 1.82) is 0 Å². The highest BCUT2D eigenvalue weighted by atomic mass is 16.3. The van der Waals surface area contributed by atoms with Crippen molar-refractivity contribution in [3.05, 3.63) is 59.9 Å². The molecule has 3 aromatic rings. The fourth-order valence-electron chi connectivity index (χ4n) is 3.38. The minimum absolute atomic E-state index is 0.173. The number of carbonyl (C=O) groups excluding carboxylic acids is 1. The van der Waals surface area contributed by atoms with E-state index in [1.807, 2.05) is 18.2 Å². The van der Waals surface area contributed by atoms with Crippen LogP contribution in [0.15, 0.2) is 42.9 Å². The van der Waals surface area contributed by atoms with Crippen molar-refractivity contribution >= 4 is 11.7 Å². The van der Waals surface area contributed by atoms with E-state index in [0.29, 0.717) is 30.0 Å². The Labute approximate surface area is 144 Å². The molecule has 2 N–H and O–H groups in total. The zero-order valence-electron chi connectivity index (χ0n) is 13.8. The number of hydrogen-bond acceptors (Lipinski definition) is 5. The maximum absolute atomic E-state index is 13.0. The molecule has 7 heteroatoms. The van der Waals surface area contributed by atoms with Crippen LogP contribution in [0.5, 0.6) is 0 Å². The van der Waals surface area contributed by atoms with Crippen LogP contribution in [-0.2, 0) is 0 Å². The lowest BCUT2D eigenvalue weighted by atomic mass is 9.76. The predicted octanol–water partition coefficient (Wildman–Crippen LogP) is 1.67. The number of imidazole rings is 1. The third kappa shape index (κ3) is 2.87. The first-order valence-corrected chi connectivity index (χ1v) is 8.33. The van der Waals surface area contributed by atoms with Gasteiger partial charge in [-0.25, -0.2) is 9.97 Å². The van der Waals surface area contributed by atoms with Crippen LogP contribution in [-0.4, -0.2) is 36.5 Å². The lowest BCUT2D eigenvalue weighted by Crippen LogP contribution is -2.42. The number of nitrogens with one attached hydrogen (secondary N) is 1. The largest absolute Gasteiger partial charge is 0.393 e. The zero-order valence-corrected chi connectivity index (χ0v) is 13.8. The fraction of sp³-hybridized carbons (Fsp3) is 0.333. The minimum Gasteiger partial charge on any atom is -0.393 e. The number of rotatable bonds is 4. The smallest absolute Gasteiger partial charge is 0.270 e. The van der Waals surface area contributed by atoms with E-state index in [0.717, 1.165) is 5.69 Å². The van der Waals surface area contributed by atoms with Gasteiger partial charge in [-0.2, -0.15) is 0 Å². The average Bonchev–Trinajstić information content (AvgIpc) is 2.93. The Kier molecular flexibility index (Phi) is 3.93. The molecule has 7 nitrogen and oxygen atoms in total. The van der Waals surface area contributed by atoms with E-state index in [9.17, 15) is 9.90 Å². The lowest BCUT2D eigenvalue weighted by Gasteiger charge is -2.37. The van der Waals surface area contributed by atoms with E-state index in [4.69, 9.17) is 0 Å². The number of hydrogen-bond donors (Lipinski definition) is 2. The monoisotopic (exact) mass is 337 g/mol. The third-order valence-electron chi connectivity index (χ3n) is 4.71. The van der Waals surface area contributed by atoms with Crippen LogP contribution in [0.25, 0.3) is 5.78 Å². The number of aryl methyl sites for hydroxylation is 1. The topological polar surface area (TPSA) is 92.4 Å². The summed E-state index contributed by atoms with van der Waals surface area (Å²) in [4.78, 5) is 25.9. The van der Waals surface area contributed by atoms with Crippen LogP contribution in [0.2, 0.25) is 0 Å². The molecule has 1 aliphatic carbocycles. The Balaban J connectivity index is 1.65. The van der Waals surface area contributed by atoms with E-state index >= 15 is 0 Å². The summed E-state index contributed by atoms with van der Waals surface area (Å²) >= 11 is 0. The maximum atomic E-state index is 13.0. The highest BCUT2D eigenvalue weighted by Gasteiger charge is 2.37. The van der Waals surface area contributed by atoms with Crippen LogP contribution in [0, 0.1) is 12.8 Å². The maximum Gasteiger partial charge on any atom is 0.270 e. The summed E-state index contributed by atoms with van der Waals surface area (Å²) < 4.78 is 1.69. The molecule has 4 rings (SSSR count). The van der Waals surface area contributed by atoms with Gasteiger partial charge in [0.1, 0.15) is 5.69 Å². The van der Waals surface area contributed by atoms with E-state index in [1.54, 1.807) is 36.0 Å².